The van der Waals surface area contributed by atoms with E-state index >= 15 is 0 Å². The Labute approximate surface area is 176 Å². The molecule has 4 rings (SSSR count). The number of amides is 1. The molecule has 0 atom stereocenters. The van der Waals surface area contributed by atoms with Crippen LogP contribution in [0.4, 0.5) is 5.82 Å². The minimum absolute atomic E-state index is 0.199. The summed E-state index contributed by atoms with van der Waals surface area (Å²) in [5.41, 5.74) is 2.04. The summed E-state index contributed by atoms with van der Waals surface area (Å²) in [6.07, 6.45) is 3.12. The molecule has 3 aromatic rings. The molecule has 2 aromatic heterocycles. The third-order valence-electron chi connectivity index (χ3n) is 5.37. The Bertz CT molecular complexity index is 961. The molecular weight excluding hydrogens is 378 g/mol. The molecular formula is C23H27N5O2. The van der Waals surface area contributed by atoms with Crippen molar-refractivity contribution in [3.8, 4) is 11.4 Å². The van der Waals surface area contributed by atoms with Gasteiger partial charge in [0, 0.05) is 50.3 Å². The van der Waals surface area contributed by atoms with E-state index in [9.17, 15) is 4.79 Å². The highest BCUT2D eigenvalue weighted by Gasteiger charge is 2.22. The fourth-order valence-electron chi connectivity index (χ4n) is 3.53. The Kier molecular flexibility index (Phi) is 6.07. The number of piperazine rings is 1. The van der Waals surface area contributed by atoms with E-state index in [0.717, 1.165) is 44.0 Å². The molecule has 0 bridgehead atoms. The first-order valence-electron chi connectivity index (χ1n) is 10.5. The summed E-state index contributed by atoms with van der Waals surface area (Å²) in [5.74, 6) is 2.52. The predicted molar refractivity (Wildman–Crippen MR) is 115 cm³/mol. The molecule has 3 heterocycles. The molecule has 0 spiro atoms. The predicted octanol–water partition coefficient (Wildman–Crippen LogP) is 3.54. The van der Waals surface area contributed by atoms with Crippen LogP contribution in [-0.4, -0.2) is 52.1 Å². The van der Waals surface area contributed by atoms with Crippen LogP contribution in [0.5, 0.6) is 0 Å². The van der Waals surface area contributed by atoms with Crippen LogP contribution in [0.15, 0.2) is 53.2 Å². The number of carbonyl (C=O) groups is 1. The first-order valence-corrected chi connectivity index (χ1v) is 10.5. The number of carbonyl (C=O) groups excluding carboxylic acids is 1. The molecule has 0 radical (unpaired) electrons. The van der Waals surface area contributed by atoms with Crippen molar-refractivity contribution in [1.82, 2.24) is 20.0 Å². The van der Waals surface area contributed by atoms with Crippen LogP contribution in [0.1, 0.15) is 37.6 Å². The SMILES string of the molecule is CC(C)c1nc(-c2ccc(N3CCN(C(=O)CCc4ccccc4)CC3)nc2)no1. The van der Waals surface area contributed by atoms with Crippen LogP contribution >= 0.6 is 0 Å². The lowest BCUT2D eigenvalue weighted by Crippen LogP contribution is -2.49. The van der Waals surface area contributed by atoms with Crippen molar-refractivity contribution >= 4 is 11.7 Å². The molecule has 1 saturated heterocycles. The smallest absolute Gasteiger partial charge is 0.229 e. The van der Waals surface area contributed by atoms with E-state index < -0.39 is 0 Å². The van der Waals surface area contributed by atoms with Crippen LogP contribution in [0.3, 0.4) is 0 Å². The number of aromatic nitrogens is 3. The maximum Gasteiger partial charge on any atom is 0.229 e. The quantitative estimate of drug-likeness (QED) is 0.624. The van der Waals surface area contributed by atoms with Gasteiger partial charge in [-0.2, -0.15) is 4.98 Å². The summed E-state index contributed by atoms with van der Waals surface area (Å²) >= 11 is 0. The summed E-state index contributed by atoms with van der Waals surface area (Å²) in [5, 5.41) is 4.03. The molecule has 1 aromatic carbocycles. The average Bonchev–Trinajstić information content (AvgIpc) is 3.29. The fourth-order valence-corrected chi connectivity index (χ4v) is 3.53. The van der Waals surface area contributed by atoms with E-state index in [0.29, 0.717) is 18.1 Å². The summed E-state index contributed by atoms with van der Waals surface area (Å²) < 4.78 is 5.27. The highest BCUT2D eigenvalue weighted by molar-refractivity contribution is 5.76. The van der Waals surface area contributed by atoms with E-state index in [1.165, 1.54) is 5.56 Å². The third kappa shape index (κ3) is 4.67. The lowest BCUT2D eigenvalue weighted by molar-refractivity contribution is -0.131. The largest absolute Gasteiger partial charge is 0.353 e. The molecule has 1 amide bonds. The second-order valence-electron chi connectivity index (χ2n) is 7.87. The van der Waals surface area contributed by atoms with Crippen LogP contribution < -0.4 is 4.90 Å². The van der Waals surface area contributed by atoms with Gasteiger partial charge >= 0.3 is 0 Å². The van der Waals surface area contributed by atoms with Crippen LogP contribution in [0.2, 0.25) is 0 Å². The van der Waals surface area contributed by atoms with Crippen molar-refractivity contribution in [2.45, 2.75) is 32.6 Å². The zero-order chi connectivity index (χ0) is 20.9. The van der Waals surface area contributed by atoms with Crippen molar-refractivity contribution < 1.29 is 9.32 Å². The molecule has 30 heavy (non-hydrogen) atoms. The number of benzene rings is 1. The fraction of sp³-hybridized carbons (Fsp3) is 0.391. The number of nitrogens with zero attached hydrogens (tertiary/aromatic N) is 5. The van der Waals surface area contributed by atoms with Gasteiger partial charge in [0.1, 0.15) is 5.82 Å². The van der Waals surface area contributed by atoms with Gasteiger partial charge in [-0.05, 0) is 24.1 Å². The van der Waals surface area contributed by atoms with Crippen molar-refractivity contribution in [2.24, 2.45) is 0 Å². The first kappa shape index (κ1) is 20.1. The van der Waals surface area contributed by atoms with Crippen LogP contribution in [0.25, 0.3) is 11.4 Å². The van der Waals surface area contributed by atoms with Crippen molar-refractivity contribution in [2.75, 3.05) is 31.1 Å². The number of rotatable bonds is 6. The summed E-state index contributed by atoms with van der Waals surface area (Å²) in [6.45, 7) is 7.04. The zero-order valence-corrected chi connectivity index (χ0v) is 17.5. The van der Waals surface area contributed by atoms with Gasteiger partial charge in [-0.3, -0.25) is 4.79 Å². The monoisotopic (exact) mass is 405 g/mol. The second-order valence-corrected chi connectivity index (χ2v) is 7.87. The number of hydrogen-bond acceptors (Lipinski definition) is 6. The lowest BCUT2D eigenvalue weighted by Gasteiger charge is -2.35. The van der Waals surface area contributed by atoms with Gasteiger partial charge in [-0.25, -0.2) is 4.98 Å². The van der Waals surface area contributed by atoms with Crippen LogP contribution in [-0.2, 0) is 11.2 Å². The Morgan fingerprint density at radius 1 is 1.07 bits per heavy atom. The first-order chi connectivity index (χ1) is 14.6. The van der Waals surface area contributed by atoms with Crippen molar-refractivity contribution in [3.05, 3.63) is 60.1 Å². The van der Waals surface area contributed by atoms with Gasteiger partial charge in [-0.15, -0.1) is 0 Å². The summed E-state index contributed by atoms with van der Waals surface area (Å²) in [6, 6.07) is 14.1. The van der Waals surface area contributed by atoms with E-state index in [1.807, 2.05) is 49.1 Å². The Hall–Kier alpha value is -3.22. The Morgan fingerprint density at radius 3 is 2.47 bits per heavy atom. The van der Waals surface area contributed by atoms with Crippen LogP contribution in [0, 0.1) is 0 Å². The third-order valence-corrected chi connectivity index (χ3v) is 5.37. The number of anilines is 1. The molecule has 1 fully saturated rings. The summed E-state index contributed by atoms with van der Waals surface area (Å²) in [7, 11) is 0. The number of pyridine rings is 1. The van der Waals surface area contributed by atoms with E-state index in [1.54, 1.807) is 6.20 Å². The molecule has 1 aliphatic heterocycles. The van der Waals surface area contributed by atoms with Gasteiger partial charge in [0.05, 0.1) is 0 Å². The molecule has 1 aliphatic rings. The molecule has 0 aliphatic carbocycles. The Balaban J connectivity index is 1.29. The standard InChI is InChI=1S/C23H27N5O2/c1-17(2)23-25-22(26-30-23)19-9-10-20(24-16-19)27-12-14-28(15-13-27)21(29)11-8-18-6-4-3-5-7-18/h3-7,9-10,16-17H,8,11-15H2,1-2H3. The Morgan fingerprint density at radius 2 is 1.83 bits per heavy atom. The average molecular weight is 406 g/mol. The number of hydrogen-bond donors (Lipinski definition) is 0. The van der Waals surface area contributed by atoms with Gasteiger partial charge in [0.25, 0.3) is 0 Å². The topological polar surface area (TPSA) is 75.4 Å². The van der Waals surface area contributed by atoms with E-state index in [4.69, 9.17) is 4.52 Å². The molecule has 7 nitrogen and oxygen atoms in total. The normalized spacial score (nSPS) is 14.4. The molecule has 0 N–H and O–H groups in total. The molecule has 156 valence electrons. The summed E-state index contributed by atoms with van der Waals surface area (Å²) in [4.78, 5) is 25.7. The second kappa shape index (κ2) is 9.07. The maximum atomic E-state index is 12.5. The molecule has 0 saturated carbocycles. The molecule has 7 heteroatoms. The van der Waals surface area contributed by atoms with Gasteiger partial charge in [0.2, 0.25) is 17.6 Å². The lowest BCUT2D eigenvalue weighted by atomic mass is 10.1. The van der Waals surface area contributed by atoms with E-state index in [2.05, 4.69) is 32.2 Å². The van der Waals surface area contributed by atoms with E-state index in [-0.39, 0.29) is 11.8 Å². The van der Waals surface area contributed by atoms with Crippen molar-refractivity contribution in [1.29, 1.82) is 0 Å². The zero-order valence-electron chi connectivity index (χ0n) is 17.5. The minimum atomic E-state index is 0.199. The number of aryl methyl sites for hydroxylation is 1. The highest BCUT2D eigenvalue weighted by Crippen LogP contribution is 2.21. The van der Waals surface area contributed by atoms with Crippen molar-refractivity contribution in [3.63, 3.8) is 0 Å². The van der Waals surface area contributed by atoms with Gasteiger partial charge in [-0.1, -0.05) is 49.3 Å². The van der Waals surface area contributed by atoms with Gasteiger partial charge in [0.15, 0.2) is 0 Å². The molecule has 0 unspecified atom stereocenters. The highest BCUT2D eigenvalue weighted by atomic mass is 16.5. The van der Waals surface area contributed by atoms with Gasteiger partial charge < -0.3 is 14.3 Å². The minimum Gasteiger partial charge on any atom is -0.353 e. The maximum absolute atomic E-state index is 12.5.